The number of rotatable bonds is 5. The number of furan rings is 1. The summed E-state index contributed by atoms with van der Waals surface area (Å²) in [5.41, 5.74) is 2.02. The van der Waals surface area contributed by atoms with Crippen molar-refractivity contribution in [3.8, 4) is 17.6 Å². The van der Waals surface area contributed by atoms with Gasteiger partial charge in [-0.3, -0.25) is 0 Å². The molecule has 0 atom stereocenters. The molecule has 0 fully saturated rings. The Morgan fingerprint density at radius 1 is 1.30 bits per heavy atom. The number of aliphatic hydroxyl groups is 1. The van der Waals surface area contributed by atoms with Gasteiger partial charge in [-0.2, -0.15) is 0 Å². The molecule has 0 aliphatic rings. The van der Waals surface area contributed by atoms with Crippen molar-refractivity contribution in [2.24, 2.45) is 0 Å². The molecule has 1 heterocycles. The van der Waals surface area contributed by atoms with Crippen LogP contribution in [0.1, 0.15) is 16.9 Å². The second-order valence-corrected chi connectivity index (χ2v) is 5.04. The molecule has 0 radical (unpaired) electrons. The fourth-order valence-corrected chi connectivity index (χ4v) is 2.66. The van der Waals surface area contributed by atoms with E-state index in [9.17, 15) is 0 Å². The minimum atomic E-state index is -0.134. The maximum Gasteiger partial charge on any atom is 0.119 e. The summed E-state index contributed by atoms with van der Waals surface area (Å²) in [6.45, 7) is -0.134. The van der Waals surface area contributed by atoms with E-state index in [1.807, 2.05) is 30.3 Å². The topological polar surface area (TPSA) is 42.6 Å². The van der Waals surface area contributed by atoms with Crippen LogP contribution in [0.5, 0.6) is 5.75 Å². The zero-order valence-corrected chi connectivity index (χ0v) is 12.1. The molecule has 1 N–H and O–H groups in total. The van der Waals surface area contributed by atoms with Gasteiger partial charge in [0.05, 0.1) is 19.1 Å². The van der Waals surface area contributed by atoms with Gasteiger partial charge >= 0.3 is 0 Å². The van der Waals surface area contributed by atoms with Crippen molar-refractivity contribution in [1.82, 2.24) is 0 Å². The van der Waals surface area contributed by atoms with Gasteiger partial charge in [-0.1, -0.05) is 11.8 Å². The lowest BCUT2D eigenvalue weighted by Gasteiger charge is -2.07. The Balaban J connectivity index is 2.06. The van der Waals surface area contributed by atoms with Gasteiger partial charge in [-0.15, -0.1) is 11.8 Å². The molecular weight excluding hydrogens is 272 g/mol. The van der Waals surface area contributed by atoms with Crippen molar-refractivity contribution in [3.05, 3.63) is 53.5 Å². The van der Waals surface area contributed by atoms with Gasteiger partial charge in [0.15, 0.2) is 0 Å². The highest BCUT2D eigenvalue weighted by Gasteiger charge is 2.04. The second kappa shape index (κ2) is 7.68. The van der Waals surface area contributed by atoms with E-state index in [2.05, 4.69) is 11.8 Å². The van der Waals surface area contributed by atoms with Gasteiger partial charge in [0.25, 0.3) is 0 Å². The Labute approximate surface area is 123 Å². The lowest BCUT2D eigenvalue weighted by atomic mass is 10.1. The molecule has 2 aromatic rings. The quantitative estimate of drug-likeness (QED) is 0.859. The monoisotopic (exact) mass is 288 g/mol. The van der Waals surface area contributed by atoms with E-state index >= 15 is 0 Å². The summed E-state index contributed by atoms with van der Waals surface area (Å²) in [4.78, 5) is 0. The smallest absolute Gasteiger partial charge is 0.119 e. The van der Waals surface area contributed by atoms with Crippen LogP contribution in [0.25, 0.3) is 0 Å². The van der Waals surface area contributed by atoms with Crippen molar-refractivity contribution >= 4 is 11.8 Å². The summed E-state index contributed by atoms with van der Waals surface area (Å²) < 4.78 is 10.5. The minimum absolute atomic E-state index is 0.134. The molecule has 1 aromatic heterocycles. The number of hydrogen-bond donors (Lipinski definition) is 1. The molecule has 0 saturated carbocycles. The highest BCUT2D eigenvalue weighted by molar-refractivity contribution is 7.97. The maximum atomic E-state index is 8.80. The van der Waals surface area contributed by atoms with Crippen LogP contribution in [0.4, 0.5) is 0 Å². The Morgan fingerprint density at radius 3 is 2.90 bits per heavy atom. The van der Waals surface area contributed by atoms with E-state index < -0.39 is 0 Å². The third kappa shape index (κ3) is 4.09. The molecule has 104 valence electrons. The van der Waals surface area contributed by atoms with Crippen LogP contribution in [0.2, 0.25) is 0 Å². The van der Waals surface area contributed by atoms with E-state index in [1.54, 1.807) is 25.1 Å². The fourth-order valence-electron chi connectivity index (χ4n) is 1.73. The van der Waals surface area contributed by atoms with Gasteiger partial charge in [-0.25, -0.2) is 0 Å². The van der Waals surface area contributed by atoms with E-state index in [1.165, 1.54) is 0 Å². The fraction of sp³-hybridized carbons (Fsp3) is 0.250. The first kappa shape index (κ1) is 14.6. The van der Waals surface area contributed by atoms with Crippen molar-refractivity contribution in [3.63, 3.8) is 0 Å². The highest BCUT2D eigenvalue weighted by Crippen LogP contribution is 2.24. The Kier molecular flexibility index (Phi) is 5.60. The molecule has 4 heteroatoms. The number of hydrogen-bond acceptors (Lipinski definition) is 4. The van der Waals surface area contributed by atoms with Crippen molar-refractivity contribution in [1.29, 1.82) is 0 Å². The summed E-state index contributed by atoms with van der Waals surface area (Å²) in [6, 6.07) is 9.63. The van der Waals surface area contributed by atoms with Crippen molar-refractivity contribution in [2.75, 3.05) is 13.7 Å². The normalized spacial score (nSPS) is 9.90. The second-order valence-electron chi connectivity index (χ2n) is 4.06. The van der Waals surface area contributed by atoms with Crippen LogP contribution in [-0.2, 0) is 11.5 Å². The Bertz CT molecular complexity index is 594. The molecule has 20 heavy (non-hydrogen) atoms. The molecular formula is C16H16O3S. The van der Waals surface area contributed by atoms with E-state index in [4.69, 9.17) is 14.3 Å². The largest absolute Gasteiger partial charge is 0.497 e. The molecule has 1 aromatic carbocycles. The summed E-state index contributed by atoms with van der Waals surface area (Å²) in [5.74, 6) is 9.05. The number of methoxy groups -OCH3 is 1. The first-order chi connectivity index (χ1) is 9.83. The minimum Gasteiger partial charge on any atom is -0.497 e. The van der Waals surface area contributed by atoms with Gasteiger partial charge in [0.1, 0.15) is 18.1 Å². The van der Waals surface area contributed by atoms with Crippen LogP contribution in [0, 0.1) is 11.8 Å². The predicted octanol–water partition coefficient (Wildman–Crippen LogP) is 3.07. The number of thioether (sulfide) groups is 1. The van der Waals surface area contributed by atoms with E-state index in [0.717, 1.165) is 34.1 Å². The van der Waals surface area contributed by atoms with Crippen molar-refractivity contribution < 1.29 is 14.3 Å². The first-order valence-electron chi connectivity index (χ1n) is 6.20. The Morgan fingerprint density at radius 2 is 2.20 bits per heavy atom. The van der Waals surface area contributed by atoms with Crippen LogP contribution in [0.3, 0.4) is 0 Å². The van der Waals surface area contributed by atoms with Crippen molar-refractivity contribution in [2.45, 2.75) is 11.5 Å². The lowest BCUT2D eigenvalue weighted by molar-refractivity contribution is 0.350. The Hall–Kier alpha value is -1.83. The predicted molar refractivity (Wildman–Crippen MR) is 80.7 cm³/mol. The molecule has 0 bridgehead atoms. The standard InChI is InChI=1S/C16H16O3S/c1-18-15-7-6-13(4-2-8-17)14(10-15)11-20-12-16-5-3-9-19-16/h3,5-7,9-10,17H,8,11-12H2,1H3. The average molecular weight is 288 g/mol. The van der Waals surface area contributed by atoms with E-state index in [-0.39, 0.29) is 6.61 Å². The van der Waals surface area contributed by atoms with Gasteiger partial charge in [-0.05, 0) is 35.9 Å². The summed E-state index contributed by atoms with van der Waals surface area (Å²) >= 11 is 1.75. The molecule has 0 aliphatic heterocycles. The zero-order valence-electron chi connectivity index (χ0n) is 11.3. The summed E-state index contributed by atoms with van der Waals surface area (Å²) in [7, 11) is 1.65. The third-order valence-electron chi connectivity index (χ3n) is 2.70. The maximum absolute atomic E-state index is 8.80. The molecule has 3 nitrogen and oxygen atoms in total. The van der Waals surface area contributed by atoms with Crippen LogP contribution in [0.15, 0.2) is 41.0 Å². The van der Waals surface area contributed by atoms with Gasteiger partial charge in [0, 0.05) is 11.3 Å². The average Bonchev–Trinajstić information content (AvgIpc) is 2.99. The van der Waals surface area contributed by atoms with Crippen LogP contribution < -0.4 is 4.74 Å². The molecule has 0 saturated heterocycles. The first-order valence-corrected chi connectivity index (χ1v) is 7.35. The molecule has 0 aliphatic carbocycles. The number of benzene rings is 1. The summed E-state index contributed by atoms with van der Waals surface area (Å²) in [5, 5.41) is 8.80. The molecule has 0 spiro atoms. The van der Waals surface area contributed by atoms with Crippen LogP contribution in [-0.4, -0.2) is 18.8 Å². The SMILES string of the molecule is COc1ccc(C#CCO)c(CSCc2ccco2)c1. The van der Waals surface area contributed by atoms with E-state index in [0.29, 0.717) is 0 Å². The summed E-state index contributed by atoms with van der Waals surface area (Å²) in [6.07, 6.45) is 1.68. The highest BCUT2D eigenvalue weighted by atomic mass is 32.2. The number of aliphatic hydroxyl groups excluding tert-OH is 1. The molecule has 0 amide bonds. The van der Waals surface area contributed by atoms with Crippen LogP contribution >= 0.6 is 11.8 Å². The lowest BCUT2D eigenvalue weighted by Crippen LogP contribution is -1.92. The zero-order chi connectivity index (χ0) is 14.2. The molecule has 2 rings (SSSR count). The van der Waals surface area contributed by atoms with Gasteiger partial charge in [0.2, 0.25) is 0 Å². The third-order valence-corrected chi connectivity index (χ3v) is 3.70. The number of ether oxygens (including phenoxy) is 1. The molecule has 0 unspecified atom stereocenters. The van der Waals surface area contributed by atoms with Gasteiger partial charge < -0.3 is 14.3 Å².